The molecule has 33 heavy (non-hydrogen) atoms. The quantitative estimate of drug-likeness (QED) is 0.415. The number of pyridine rings is 1. The minimum Gasteiger partial charge on any atom is -0.382 e. The molecule has 1 aliphatic heterocycles. The number of hydrogen-bond acceptors (Lipinski definition) is 9. The maximum atomic E-state index is 13.2. The molecule has 0 spiro atoms. The lowest BCUT2D eigenvalue weighted by molar-refractivity contribution is -0.143. The van der Waals surface area contributed by atoms with E-state index >= 15 is 0 Å². The Bertz CT molecular complexity index is 1460. The molecule has 10 nitrogen and oxygen atoms in total. The number of nitrogens with zero attached hydrogens (tertiary/aromatic N) is 4. The molecular formula is C22H20N6O4S. The number of carbonyl (C=O) groups excluding carboxylic acids is 1. The molecule has 1 saturated carbocycles. The van der Waals surface area contributed by atoms with Gasteiger partial charge in [0.15, 0.2) is 6.10 Å². The number of rotatable bonds is 4. The van der Waals surface area contributed by atoms with Crippen LogP contribution in [0.1, 0.15) is 36.4 Å². The summed E-state index contributed by atoms with van der Waals surface area (Å²) < 4.78 is 10.3. The second-order valence-electron chi connectivity index (χ2n) is 8.28. The Balaban J connectivity index is 1.33. The number of fused-ring (bicyclic) bond motifs is 3. The number of amides is 1. The van der Waals surface area contributed by atoms with Gasteiger partial charge in [-0.3, -0.25) is 14.5 Å². The lowest BCUT2D eigenvalue weighted by Gasteiger charge is -2.33. The molecule has 2 fully saturated rings. The van der Waals surface area contributed by atoms with Gasteiger partial charge in [-0.2, -0.15) is 9.36 Å². The molecule has 168 valence electrons. The van der Waals surface area contributed by atoms with Crippen LogP contribution in [0.3, 0.4) is 0 Å². The predicted octanol–water partition coefficient (Wildman–Crippen LogP) is 1.85. The number of aliphatic hydroxyl groups is 1. The van der Waals surface area contributed by atoms with E-state index in [4.69, 9.17) is 10.5 Å². The highest BCUT2D eigenvalue weighted by Gasteiger charge is 2.39. The lowest BCUT2D eigenvalue weighted by Crippen LogP contribution is -2.51. The van der Waals surface area contributed by atoms with Crippen LogP contribution >= 0.6 is 11.5 Å². The summed E-state index contributed by atoms with van der Waals surface area (Å²) >= 11 is 1.12. The second-order valence-corrected chi connectivity index (χ2v) is 9.05. The van der Waals surface area contributed by atoms with Crippen molar-refractivity contribution in [1.82, 2.24) is 19.3 Å². The van der Waals surface area contributed by atoms with Gasteiger partial charge in [0, 0.05) is 17.0 Å². The normalized spacial score (nSPS) is 20.0. The van der Waals surface area contributed by atoms with Crippen molar-refractivity contribution in [3.63, 3.8) is 0 Å². The largest absolute Gasteiger partial charge is 0.382 e. The highest BCUT2D eigenvalue weighted by molar-refractivity contribution is 7.14. The molecule has 2 atom stereocenters. The van der Waals surface area contributed by atoms with Gasteiger partial charge in [0.1, 0.15) is 23.6 Å². The summed E-state index contributed by atoms with van der Waals surface area (Å²) in [4.78, 5) is 39.2. The molecule has 1 saturated heterocycles. The van der Waals surface area contributed by atoms with E-state index in [0.29, 0.717) is 45.1 Å². The zero-order valence-corrected chi connectivity index (χ0v) is 18.2. The van der Waals surface area contributed by atoms with Crippen LogP contribution in [0.4, 0.5) is 11.6 Å². The molecule has 4 heterocycles. The summed E-state index contributed by atoms with van der Waals surface area (Å²) in [6.07, 6.45) is -0.452. The monoisotopic (exact) mass is 464 g/mol. The third kappa shape index (κ3) is 3.36. The number of benzene rings is 1. The lowest BCUT2D eigenvalue weighted by atomic mass is 10.1. The Kier molecular flexibility index (Phi) is 4.64. The molecule has 0 radical (unpaired) electrons. The van der Waals surface area contributed by atoms with Crippen LogP contribution in [-0.4, -0.2) is 49.6 Å². The van der Waals surface area contributed by atoms with Gasteiger partial charge in [-0.05, 0) is 48.6 Å². The molecule has 1 aliphatic carbocycles. The molecule has 1 amide bonds. The van der Waals surface area contributed by atoms with Gasteiger partial charge in [0.05, 0.1) is 28.8 Å². The number of carbonyl (C=O) groups is 1. The van der Waals surface area contributed by atoms with Gasteiger partial charge in [0.25, 0.3) is 11.5 Å². The third-order valence-electron chi connectivity index (χ3n) is 6.08. The first-order chi connectivity index (χ1) is 16.0. The van der Waals surface area contributed by atoms with Crippen LogP contribution in [0.25, 0.3) is 21.0 Å². The summed E-state index contributed by atoms with van der Waals surface area (Å²) in [5, 5.41) is 12.0. The van der Waals surface area contributed by atoms with Gasteiger partial charge in [-0.15, -0.1) is 0 Å². The van der Waals surface area contributed by atoms with Gasteiger partial charge < -0.3 is 20.6 Å². The van der Waals surface area contributed by atoms with E-state index in [2.05, 4.69) is 19.3 Å². The van der Waals surface area contributed by atoms with Crippen LogP contribution in [0.15, 0.2) is 35.1 Å². The zero-order chi connectivity index (χ0) is 22.7. The number of aromatic amines is 1. The molecule has 6 rings (SSSR count). The SMILES string of the molecule is Nc1nsc2c1ccc1[nH]c([C@H](O)[C@H]3OCCN(c4cccc(C5CC5)n4)C3=O)nc(=O)c12. The highest BCUT2D eigenvalue weighted by Crippen LogP contribution is 2.39. The molecule has 2 aliphatic rings. The van der Waals surface area contributed by atoms with E-state index in [1.165, 1.54) is 4.90 Å². The average Bonchev–Trinajstić information content (AvgIpc) is 3.61. The summed E-state index contributed by atoms with van der Waals surface area (Å²) in [7, 11) is 0. The fourth-order valence-corrected chi connectivity index (χ4v) is 5.06. The van der Waals surface area contributed by atoms with Gasteiger partial charge in [0.2, 0.25) is 0 Å². The Morgan fingerprint density at radius 2 is 2.06 bits per heavy atom. The minimum atomic E-state index is -1.45. The number of nitrogens with one attached hydrogen (secondary N) is 1. The molecule has 0 unspecified atom stereocenters. The van der Waals surface area contributed by atoms with Crippen molar-refractivity contribution in [3.05, 3.63) is 52.2 Å². The first-order valence-corrected chi connectivity index (χ1v) is 11.4. The number of hydrogen-bond donors (Lipinski definition) is 3. The first-order valence-electron chi connectivity index (χ1n) is 10.7. The van der Waals surface area contributed by atoms with Crippen molar-refractivity contribution in [2.45, 2.75) is 31.0 Å². The van der Waals surface area contributed by atoms with Crippen LogP contribution in [0.5, 0.6) is 0 Å². The van der Waals surface area contributed by atoms with E-state index in [1.54, 1.807) is 18.2 Å². The first kappa shape index (κ1) is 20.2. The van der Waals surface area contributed by atoms with Crippen molar-refractivity contribution in [3.8, 4) is 0 Å². The highest BCUT2D eigenvalue weighted by atomic mass is 32.1. The summed E-state index contributed by atoms with van der Waals surface area (Å²) in [5.41, 5.74) is 6.77. The van der Waals surface area contributed by atoms with Crippen molar-refractivity contribution in [1.29, 1.82) is 0 Å². The molecule has 4 aromatic rings. The Hall–Kier alpha value is -3.41. The van der Waals surface area contributed by atoms with E-state index in [-0.39, 0.29) is 12.4 Å². The zero-order valence-electron chi connectivity index (χ0n) is 17.4. The number of nitrogen functional groups attached to an aromatic ring is 1. The second kappa shape index (κ2) is 7.58. The van der Waals surface area contributed by atoms with Crippen LogP contribution in [0, 0.1) is 0 Å². The molecular weight excluding hydrogens is 444 g/mol. The van der Waals surface area contributed by atoms with Gasteiger partial charge >= 0.3 is 0 Å². The molecule has 3 aromatic heterocycles. The van der Waals surface area contributed by atoms with Crippen LogP contribution in [-0.2, 0) is 9.53 Å². The van der Waals surface area contributed by atoms with E-state index in [1.807, 2.05) is 12.1 Å². The number of ether oxygens (including phenoxy) is 1. The summed E-state index contributed by atoms with van der Waals surface area (Å²) in [6.45, 7) is 0.553. The van der Waals surface area contributed by atoms with Crippen molar-refractivity contribution >= 4 is 50.1 Å². The predicted molar refractivity (Wildman–Crippen MR) is 123 cm³/mol. The molecule has 1 aromatic carbocycles. The number of aliphatic hydroxyl groups excluding tert-OH is 1. The summed E-state index contributed by atoms with van der Waals surface area (Å²) in [6, 6.07) is 9.08. The van der Waals surface area contributed by atoms with E-state index in [0.717, 1.165) is 30.1 Å². The standard InChI is InChI=1S/C22H20N6O4S/c23-19-11-6-7-13-15(18(11)33-27-19)21(30)26-20(25-13)16(29)17-22(31)28(8-9-32-17)14-3-1-2-12(24-14)10-4-5-10/h1-3,6-7,10,16-17,29H,4-5,8-9H2,(H2,23,27)(H,25,26,30)/t16-,17-/m1/s1. The van der Waals surface area contributed by atoms with E-state index < -0.39 is 23.7 Å². The van der Waals surface area contributed by atoms with Gasteiger partial charge in [-0.25, -0.2) is 4.98 Å². The molecule has 11 heteroatoms. The van der Waals surface area contributed by atoms with Crippen molar-refractivity contribution < 1.29 is 14.6 Å². The third-order valence-corrected chi connectivity index (χ3v) is 6.98. The topological polar surface area (TPSA) is 147 Å². The number of morpholine rings is 1. The van der Waals surface area contributed by atoms with Crippen molar-refractivity contribution in [2.24, 2.45) is 0 Å². The number of anilines is 2. The average molecular weight is 465 g/mol. The Morgan fingerprint density at radius 1 is 1.21 bits per heavy atom. The fourth-order valence-electron chi connectivity index (χ4n) is 4.21. The minimum absolute atomic E-state index is 0.0378. The fraction of sp³-hybridized carbons (Fsp3) is 0.318. The van der Waals surface area contributed by atoms with Gasteiger partial charge in [-0.1, -0.05) is 6.07 Å². The van der Waals surface area contributed by atoms with Crippen molar-refractivity contribution in [2.75, 3.05) is 23.8 Å². The number of H-pyrrole nitrogens is 1. The molecule has 4 N–H and O–H groups in total. The maximum Gasteiger partial charge on any atom is 0.282 e. The molecule has 0 bridgehead atoms. The summed E-state index contributed by atoms with van der Waals surface area (Å²) in [5.74, 6) is 0.873. The number of aromatic nitrogens is 4. The Morgan fingerprint density at radius 3 is 2.88 bits per heavy atom. The maximum absolute atomic E-state index is 13.2. The number of nitrogens with two attached hydrogens (primary N) is 1. The van der Waals surface area contributed by atoms with Crippen LogP contribution in [0.2, 0.25) is 0 Å². The van der Waals surface area contributed by atoms with E-state index in [9.17, 15) is 14.7 Å². The van der Waals surface area contributed by atoms with Crippen LogP contribution < -0.4 is 16.2 Å². The Labute approximate surface area is 191 Å². The smallest absolute Gasteiger partial charge is 0.282 e.